The standard InChI is InChI=1S/C39H44N4O5/c1-23-5-9-25(10-6-23)36(47)19-27(44)11-7-24-8-14-35(46)37(17-24)48-38-4-2-3-34(45)29-12-13-30-28(15-16-41-39(30)40)31(29)18-26-20-42-33-22-43(38)21-32(26)33/h5,8-9,12-14,17,20,22-23,25,34,36,38-39,41,45-47H,4,6-7,10-11,15-16,18-19,21,40H2,1H3/p+1. The monoisotopic (exact) mass is 649 g/mol. The van der Waals surface area contributed by atoms with Gasteiger partial charge in [-0.05, 0) is 77.1 Å². The van der Waals surface area contributed by atoms with Gasteiger partial charge < -0.3 is 25.8 Å². The van der Waals surface area contributed by atoms with E-state index in [4.69, 9.17) is 15.5 Å². The van der Waals surface area contributed by atoms with E-state index in [0.717, 1.165) is 69.8 Å². The molecule has 0 saturated carbocycles. The van der Waals surface area contributed by atoms with Gasteiger partial charge in [-0.1, -0.05) is 49.1 Å². The topological polar surface area (TPSA) is 142 Å². The SMILES string of the molecule is CC1C=CC(C(O)CC(=O)CCc2ccc(O)c(OC3CC#CC(O)c4ccc5c(c4CC4=C6C[NH+]3C=C6N=C4)CCNC5N)c2)CC1. The number of carbonyl (C=O) groups is 1. The first-order valence-corrected chi connectivity index (χ1v) is 17.2. The number of Topliss-reactive ketones (excluding diaryl/α,β-unsaturated/α-hetero) is 1. The molecule has 48 heavy (non-hydrogen) atoms. The van der Waals surface area contributed by atoms with Crippen molar-refractivity contribution in [2.24, 2.45) is 22.6 Å². The third-order valence-electron chi connectivity index (χ3n) is 10.5. The molecule has 2 aromatic carbocycles. The number of quaternary nitrogens is 1. The Morgan fingerprint density at radius 1 is 1.19 bits per heavy atom. The van der Waals surface area contributed by atoms with Crippen LogP contribution in [0.2, 0.25) is 0 Å². The van der Waals surface area contributed by atoms with Crippen LogP contribution < -0.4 is 20.7 Å². The largest absolute Gasteiger partial charge is 0.504 e. The van der Waals surface area contributed by atoms with Crippen LogP contribution in [0, 0.1) is 23.7 Å². The fraction of sp³-hybridized carbons (Fsp3) is 0.436. The molecule has 4 heterocycles. The number of phenolic OH excluding ortho intramolecular Hbond substituents is 1. The Labute approximate surface area is 281 Å². The van der Waals surface area contributed by atoms with Crippen molar-refractivity contribution in [2.75, 3.05) is 13.1 Å². The van der Waals surface area contributed by atoms with Crippen LogP contribution >= 0.6 is 0 Å². The van der Waals surface area contributed by atoms with Crippen LogP contribution in [0.1, 0.15) is 79.1 Å². The molecule has 5 aliphatic rings. The molecule has 250 valence electrons. The van der Waals surface area contributed by atoms with Gasteiger partial charge in [-0.25, -0.2) is 0 Å². The molecule has 7 unspecified atom stereocenters. The van der Waals surface area contributed by atoms with Crippen molar-refractivity contribution < 1.29 is 29.8 Å². The second-order valence-corrected chi connectivity index (χ2v) is 13.9. The Kier molecular flexibility index (Phi) is 9.36. The molecule has 0 spiro atoms. The number of aliphatic hydroxyl groups is 2. The molecule has 0 radical (unpaired) electrons. The number of ketones is 1. The normalized spacial score (nSPS) is 28.0. The Bertz CT molecular complexity index is 1780. The minimum atomic E-state index is -0.971. The Balaban J connectivity index is 1.08. The van der Waals surface area contributed by atoms with Crippen LogP contribution in [-0.4, -0.2) is 52.7 Å². The number of nitrogens with one attached hydrogen (secondary N) is 2. The lowest BCUT2D eigenvalue weighted by atomic mass is 9.84. The van der Waals surface area contributed by atoms with Crippen LogP contribution in [0.15, 0.2) is 70.5 Å². The van der Waals surface area contributed by atoms with Gasteiger partial charge in [-0.15, -0.1) is 0 Å². The molecular weight excluding hydrogens is 604 g/mol. The van der Waals surface area contributed by atoms with Gasteiger partial charge in [0.1, 0.15) is 36.7 Å². The highest BCUT2D eigenvalue weighted by atomic mass is 16.5. The summed E-state index contributed by atoms with van der Waals surface area (Å²) in [6.07, 6.45) is 10.5. The van der Waals surface area contributed by atoms with E-state index in [-0.39, 0.29) is 30.0 Å². The van der Waals surface area contributed by atoms with Crippen LogP contribution in [0.3, 0.4) is 0 Å². The van der Waals surface area contributed by atoms with Gasteiger partial charge in [-0.3, -0.25) is 20.0 Å². The number of nitrogens with two attached hydrogens (primary N) is 1. The van der Waals surface area contributed by atoms with Crippen LogP contribution in [-0.2, 0) is 24.1 Å². The fourth-order valence-corrected chi connectivity index (χ4v) is 7.63. The lowest BCUT2D eigenvalue weighted by Gasteiger charge is -2.28. The molecule has 0 aromatic heterocycles. The summed E-state index contributed by atoms with van der Waals surface area (Å²) in [4.78, 5) is 18.5. The molecule has 9 nitrogen and oxygen atoms in total. The number of benzene rings is 2. The number of fused-ring (bicyclic) bond motifs is 4. The van der Waals surface area contributed by atoms with Crippen molar-refractivity contribution in [3.05, 3.63) is 93.3 Å². The van der Waals surface area contributed by atoms with Crippen molar-refractivity contribution in [1.82, 2.24) is 5.32 Å². The number of carbonyl (C=O) groups excluding carboxylic acids is 1. The van der Waals surface area contributed by atoms with Gasteiger partial charge in [-0.2, -0.15) is 0 Å². The lowest BCUT2D eigenvalue weighted by molar-refractivity contribution is -0.885. The van der Waals surface area contributed by atoms with E-state index in [1.54, 1.807) is 18.2 Å². The average Bonchev–Trinajstić information content (AvgIpc) is 3.66. The molecule has 0 amide bonds. The number of aliphatic imine (C=N–C) groups is 1. The second kappa shape index (κ2) is 13.8. The summed E-state index contributed by atoms with van der Waals surface area (Å²) < 4.78 is 6.48. The van der Waals surface area contributed by atoms with Crippen LogP contribution in [0.25, 0.3) is 0 Å². The fourth-order valence-electron chi connectivity index (χ4n) is 7.63. The third kappa shape index (κ3) is 6.77. The first kappa shape index (κ1) is 32.5. The molecule has 0 fully saturated rings. The molecule has 0 saturated heterocycles. The summed E-state index contributed by atoms with van der Waals surface area (Å²) in [6.45, 7) is 3.60. The van der Waals surface area contributed by atoms with Crippen molar-refractivity contribution in [3.8, 4) is 23.3 Å². The smallest absolute Gasteiger partial charge is 0.247 e. The number of aromatic hydroxyl groups is 1. The van der Waals surface area contributed by atoms with Gasteiger partial charge in [0, 0.05) is 43.5 Å². The van der Waals surface area contributed by atoms with Gasteiger partial charge >= 0.3 is 0 Å². The van der Waals surface area contributed by atoms with Crippen molar-refractivity contribution in [2.45, 2.75) is 82.9 Å². The Morgan fingerprint density at radius 3 is 2.88 bits per heavy atom. The number of aliphatic hydroxyl groups excluding tert-OH is 2. The maximum atomic E-state index is 12.8. The van der Waals surface area contributed by atoms with Gasteiger partial charge in [0.05, 0.1) is 12.3 Å². The Morgan fingerprint density at radius 2 is 2.04 bits per heavy atom. The highest BCUT2D eigenvalue weighted by Crippen LogP contribution is 2.35. The van der Waals surface area contributed by atoms with Crippen molar-refractivity contribution >= 4 is 12.0 Å². The zero-order valence-electron chi connectivity index (χ0n) is 27.4. The van der Waals surface area contributed by atoms with Crippen LogP contribution in [0.4, 0.5) is 0 Å². The molecule has 4 aliphatic heterocycles. The summed E-state index contributed by atoms with van der Waals surface area (Å²) >= 11 is 0. The minimum Gasteiger partial charge on any atom is -0.504 e. The van der Waals surface area contributed by atoms with E-state index in [9.17, 15) is 20.1 Å². The van der Waals surface area contributed by atoms with E-state index >= 15 is 0 Å². The number of hydrogen-bond acceptors (Lipinski definition) is 8. The summed E-state index contributed by atoms with van der Waals surface area (Å²) in [5.41, 5.74) is 14.6. The first-order valence-electron chi connectivity index (χ1n) is 17.2. The maximum Gasteiger partial charge on any atom is 0.247 e. The summed E-state index contributed by atoms with van der Waals surface area (Å²) in [7, 11) is 0. The van der Waals surface area contributed by atoms with E-state index in [2.05, 4.69) is 42.4 Å². The zero-order chi connectivity index (χ0) is 33.4. The van der Waals surface area contributed by atoms with Gasteiger partial charge in [0.2, 0.25) is 6.23 Å². The number of ether oxygens (including phenoxy) is 1. The molecule has 1 aliphatic carbocycles. The molecule has 7 rings (SSSR count). The van der Waals surface area contributed by atoms with Gasteiger partial charge in [0.25, 0.3) is 0 Å². The molecule has 7 atom stereocenters. The Hall–Kier alpha value is -4.04. The van der Waals surface area contributed by atoms with E-state index in [1.165, 1.54) is 5.56 Å². The van der Waals surface area contributed by atoms with E-state index in [0.29, 0.717) is 43.9 Å². The highest BCUT2D eigenvalue weighted by molar-refractivity contribution is 5.87. The van der Waals surface area contributed by atoms with E-state index in [1.807, 2.05) is 18.3 Å². The predicted molar refractivity (Wildman–Crippen MR) is 183 cm³/mol. The number of hydrogen-bond donors (Lipinski definition) is 6. The predicted octanol–water partition coefficient (Wildman–Crippen LogP) is 2.86. The summed E-state index contributed by atoms with van der Waals surface area (Å²) in [5.74, 6) is 7.14. The second-order valence-electron chi connectivity index (χ2n) is 13.9. The molecule has 2 aromatic rings. The number of rotatable bonds is 8. The number of phenols is 1. The summed E-state index contributed by atoms with van der Waals surface area (Å²) in [6, 6.07) is 9.13. The molecule has 9 heteroatoms. The zero-order valence-corrected chi connectivity index (χ0v) is 27.4. The average molecular weight is 650 g/mol. The number of allylic oxidation sites excluding steroid dienone is 2. The first-order chi connectivity index (χ1) is 23.2. The third-order valence-corrected chi connectivity index (χ3v) is 10.5. The summed E-state index contributed by atoms with van der Waals surface area (Å²) in [5, 5.41) is 36.1. The van der Waals surface area contributed by atoms with E-state index < -0.39 is 18.4 Å². The molecular formula is C39H45N4O5+. The molecule has 7 N–H and O–H groups in total. The highest BCUT2D eigenvalue weighted by Gasteiger charge is 2.36. The number of nitrogens with zero attached hydrogens (tertiary/aromatic N) is 1. The minimum absolute atomic E-state index is 0.00805. The van der Waals surface area contributed by atoms with Crippen LogP contribution in [0.5, 0.6) is 11.5 Å². The number of aryl methyl sites for hydroxylation is 1. The van der Waals surface area contributed by atoms with Gasteiger partial charge in [0.15, 0.2) is 11.5 Å². The quantitative estimate of drug-likeness (QED) is 0.191. The molecule has 2 bridgehead atoms. The maximum absolute atomic E-state index is 12.8. The van der Waals surface area contributed by atoms with Crippen molar-refractivity contribution in [1.29, 1.82) is 0 Å². The van der Waals surface area contributed by atoms with Crippen molar-refractivity contribution in [3.63, 3.8) is 0 Å². The lowest BCUT2D eigenvalue weighted by Crippen LogP contribution is -3.11.